The van der Waals surface area contributed by atoms with E-state index in [0.717, 1.165) is 23.6 Å². The van der Waals surface area contributed by atoms with E-state index >= 15 is 0 Å². The number of ether oxygens (including phenoxy) is 1. The first-order chi connectivity index (χ1) is 14.6. The minimum atomic E-state index is -0.433. The third-order valence-electron chi connectivity index (χ3n) is 5.80. The van der Waals surface area contributed by atoms with E-state index in [2.05, 4.69) is 50.2 Å². The maximum atomic E-state index is 13.3. The standard InChI is InChI=1S/C26H36N2O2S/c1-18-9-8-10-20(13-18)21-14-19(2)23-22(24(29)26(3,4)5)16-28(25(23)27-15-21)17-30-11-12-31(6)7/h8-10,13,15-16,19,23H,6,11-12,14,17H2,1-5,7H3. The molecule has 0 aliphatic carbocycles. The van der Waals surface area contributed by atoms with Crippen LogP contribution in [0, 0.1) is 24.2 Å². The summed E-state index contributed by atoms with van der Waals surface area (Å²) in [4.78, 5) is 20.3. The Balaban J connectivity index is 1.92. The fourth-order valence-corrected chi connectivity index (χ4v) is 4.55. The van der Waals surface area contributed by atoms with Gasteiger partial charge in [-0.25, -0.2) is 4.99 Å². The second kappa shape index (κ2) is 9.66. The summed E-state index contributed by atoms with van der Waals surface area (Å²) in [6, 6.07) is 8.55. The summed E-state index contributed by atoms with van der Waals surface area (Å²) in [6.07, 6.45) is 6.97. The van der Waals surface area contributed by atoms with Gasteiger partial charge in [0.15, 0.2) is 5.78 Å². The maximum absolute atomic E-state index is 13.3. The number of hydrogen-bond acceptors (Lipinski definition) is 4. The van der Waals surface area contributed by atoms with Gasteiger partial charge in [-0.1, -0.05) is 63.4 Å². The van der Waals surface area contributed by atoms with Crippen molar-refractivity contribution in [3.8, 4) is 0 Å². The predicted octanol–water partition coefficient (Wildman–Crippen LogP) is 5.51. The Hall–Kier alpha value is -1.98. The molecular weight excluding hydrogens is 404 g/mol. The lowest BCUT2D eigenvalue weighted by atomic mass is 9.76. The van der Waals surface area contributed by atoms with Gasteiger partial charge in [0, 0.05) is 29.1 Å². The van der Waals surface area contributed by atoms with Crippen molar-refractivity contribution < 1.29 is 9.53 Å². The Morgan fingerprint density at radius 1 is 1.35 bits per heavy atom. The lowest BCUT2D eigenvalue weighted by molar-refractivity contribution is -0.122. The van der Waals surface area contributed by atoms with Crippen LogP contribution in [-0.4, -0.2) is 47.7 Å². The van der Waals surface area contributed by atoms with E-state index < -0.39 is 5.41 Å². The summed E-state index contributed by atoms with van der Waals surface area (Å²) in [5.74, 6) is 6.35. The summed E-state index contributed by atoms with van der Waals surface area (Å²) in [5.41, 5.74) is 4.08. The van der Waals surface area contributed by atoms with Gasteiger partial charge in [0.05, 0.1) is 12.5 Å². The summed E-state index contributed by atoms with van der Waals surface area (Å²) in [5, 5.41) is 0. The number of Topliss-reactive ketones (excluding diaryl/α,β-unsaturated/α-hetero) is 1. The molecular formula is C26H36N2O2S. The van der Waals surface area contributed by atoms with Crippen molar-refractivity contribution >= 4 is 33.5 Å². The molecule has 1 aromatic rings. The zero-order chi connectivity index (χ0) is 22.8. The Morgan fingerprint density at radius 2 is 2.10 bits per heavy atom. The molecule has 2 heterocycles. The highest BCUT2D eigenvalue weighted by Crippen LogP contribution is 2.41. The van der Waals surface area contributed by atoms with Crippen LogP contribution >= 0.6 is 10.5 Å². The van der Waals surface area contributed by atoms with Crippen LogP contribution in [0.25, 0.3) is 5.57 Å². The molecule has 1 aromatic carbocycles. The molecule has 0 N–H and O–H groups in total. The van der Waals surface area contributed by atoms with Crippen molar-refractivity contribution in [1.29, 1.82) is 0 Å². The number of aliphatic imine (C=N–C) groups is 1. The molecule has 2 aliphatic rings. The van der Waals surface area contributed by atoms with E-state index in [1.807, 2.05) is 38.1 Å². The smallest absolute Gasteiger partial charge is 0.166 e. The first-order valence-electron chi connectivity index (χ1n) is 10.9. The molecule has 0 bridgehead atoms. The number of allylic oxidation sites excluding steroid dienone is 1. The van der Waals surface area contributed by atoms with Gasteiger partial charge in [0.1, 0.15) is 12.6 Å². The topological polar surface area (TPSA) is 41.9 Å². The van der Waals surface area contributed by atoms with E-state index in [0.29, 0.717) is 13.3 Å². The van der Waals surface area contributed by atoms with E-state index in [1.165, 1.54) is 16.7 Å². The third kappa shape index (κ3) is 5.64. The van der Waals surface area contributed by atoms with E-state index in [-0.39, 0.29) is 28.1 Å². The first kappa shape index (κ1) is 23.7. The number of nitrogens with zero attached hydrogens (tertiary/aromatic N) is 2. The van der Waals surface area contributed by atoms with Crippen molar-refractivity contribution in [3.63, 3.8) is 0 Å². The number of amidine groups is 1. The maximum Gasteiger partial charge on any atom is 0.166 e. The Morgan fingerprint density at radius 3 is 2.74 bits per heavy atom. The van der Waals surface area contributed by atoms with E-state index in [9.17, 15) is 4.79 Å². The van der Waals surface area contributed by atoms with E-state index in [4.69, 9.17) is 9.73 Å². The van der Waals surface area contributed by atoms with Crippen molar-refractivity contribution in [3.05, 3.63) is 53.4 Å². The average molecular weight is 441 g/mol. The summed E-state index contributed by atoms with van der Waals surface area (Å²) < 4.78 is 5.93. The average Bonchev–Trinajstić information content (AvgIpc) is 2.95. The molecule has 0 aromatic heterocycles. The lowest BCUT2D eigenvalue weighted by Gasteiger charge is -2.26. The molecule has 0 spiro atoms. The van der Waals surface area contributed by atoms with Gasteiger partial charge in [-0.2, -0.15) is 10.5 Å². The zero-order valence-electron chi connectivity index (χ0n) is 19.8. The van der Waals surface area contributed by atoms with Crippen LogP contribution in [0.15, 0.2) is 47.2 Å². The fraction of sp³-hybridized carbons (Fsp3) is 0.500. The molecule has 0 saturated heterocycles. The normalized spacial score (nSPS) is 22.3. The van der Waals surface area contributed by atoms with Gasteiger partial charge in [-0.15, -0.1) is 0 Å². The molecule has 31 heavy (non-hydrogen) atoms. The van der Waals surface area contributed by atoms with Crippen LogP contribution in [0.2, 0.25) is 0 Å². The lowest BCUT2D eigenvalue weighted by Crippen LogP contribution is -2.33. The summed E-state index contributed by atoms with van der Waals surface area (Å²) in [7, 11) is 0.108. The SMILES string of the molecule is C=S(C)CCOCN1C=C(C(=O)C(C)(C)C)C2C1=NC=C(c1cccc(C)c1)CC2C. The Labute approximate surface area is 190 Å². The molecule has 3 unspecified atom stereocenters. The Bertz CT molecular complexity index is 952. The number of carbonyl (C=O) groups is 1. The second-order valence-corrected chi connectivity index (χ2v) is 11.8. The van der Waals surface area contributed by atoms with E-state index in [1.54, 1.807) is 0 Å². The summed E-state index contributed by atoms with van der Waals surface area (Å²) in [6.45, 7) is 11.4. The monoisotopic (exact) mass is 440 g/mol. The van der Waals surface area contributed by atoms with Crippen LogP contribution in [0.5, 0.6) is 0 Å². The molecule has 3 atom stereocenters. The van der Waals surface area contributed by atoms with Crippen molar-refractivity contribution in [2.24, 2.45) is 22.2 Å². The highest BCUT2D eigenvalue weighted by molar-refractivity contribution is 8.13. The predicted molar refractivity (Wildman–Crippen MR) is 135 cm³/mol. The van der Waals surface area contributed by atoms with Gasteiger partial charge >= 0.3 is 0 Å². The number of hydrogen-bond donors (Lipinski definition) is 0. The molecule has 0 fully saturated rings. The molecule has 3 rings (SSSR count). The summed E-state index contributed by atoms with van der Waals surface area (Å²) >= 11 is 0. The van der Waals surface area contributed by atoms with Crippen molar-refractivity contribution in [2.45, 2.75) is 41.0 Å². The van der Waals surface area contributed by atoms with Crippen LogP contribution in [0.4, 0.5) is 0 Å². The second-order valence-electron chi connectivity index (χ2n) is 9.83. The van der Waals surface area contributed by atoms with Crippen molar-refractivity contribution in [2.75, 3.05) is 25.3 Å². The third-order valence-corrected chi connectivity index (χ3v) is 6.67. The van der Waals surface area contributed by atoms with Gasteiger partial charge in [0.2, 0.25) is 0 Å². The van der Waals surface area contributed by atoms with Gasteiger partial charge in [-0.3, -0.25) is 4.79 Å². The molecule has 5 heteroatoms. The quantitative estimate of drug-likeness (QED) is 0.415. The van der Waals surface area contributed by atoms with Crippen LogP contribution in [0.3, 0.4) is 0 Å². The number of rotatable bonds is 7. The number of fused-ring (bicyclic) bond motifs is 1. The number of ketones is 1. The molecule has 0 radical (unpaired) electrons. The molecule has 2 aliphatic heterocycles. The largest absolute Gasteiger partial charge is 0.360 e. The minimum Gasteiger partial charge on any atom is -0.360 e. The van der Waals surface area contributed by atoms with Gasteiger partial charge in [0.25, 0.3) is 0 Å². The van der Waals surface area contributed by atoms with Crippen LogP contribution < -0.4 is 0 Å². The zero-order valence-corrected chi connectivity index (χ0v) is 20.6. The first-order valence-corrected chi connectivity index (χ1v) is 12.9. The number of carbonyl (C=O) groups excluding carboxylic acids is 1. The Kier molecular flexibility index (Phi) is 7.38. The van der Waals surface area contributed by atoms with Crippen LogP contribution in [-0.2, 0) is 9.53 Å². The highest BCUT2D eigenvalue weighted by Gasteiger charge is 2.42. The molecule has 4 nitrogen and oxygen atoms in total. The number of aryl methyl sites for hydroxylation is 1. The van der Waals surface area contributed by atoms with Crippen molar-refractivity contribution in [1.82, 2.24) is 4.90 Å². The fourth-order valence-electron chi connectivity index (χ4n) is 4.15. The van der Waals surface area contributed by atoms with Crippen LogP contribution in [0.1, 0.15) is 45.2 Å². The molecule has 168 valence electrons. The van der Waals surface area contributed by atoms with Gasteiger partial charge < -0.3 is 9.64 Å². The molecule has 0 amide bonds. The highest BCUT2D eigenvalue weighted by atomic mass is 32.2. The van der Waals surface area contributed by atoms with Gasteiger partial charge in [-0.05, 0) is 36.7 Å². The number of benzene rings is 1. The minimum absolute atomic E-state index is 0.0116. The molecule has 0 saturated carbocycles.